The lowest BCUT2D eigenvalue weighted by atomic mass is 10.2. The van der Waals surface area contributed by atoms with Crippen molar-refractivity contribution in [1.82, 2.24) is 10.2 Å². The molecule has 1 heterocycles. The highest BCUT2D eigenvalue weighted by atomic mass is 16.4. The molecule has 0 saturated heterocycles. The van der Waals surface area contributed by atoms with Crippen LogP contribution in [0.4, 0.5) is 5.82 Å². The molecule has 2 aromatic rings. The van der Waals surface area contributed by atoms with E-state index < -0.39 is 11.8 Å². The van der Waals surface area contributed by atoms with E-state index in [-0.39, 0.29) is 0 Å². The van der Waals surface area contributed by atoms with Gasteiger partial charge in [-0.05, 0) is 0 Å². The Morgan fingerprint density at radius 1 is 1.33 bits per heavy atom. The van der Waals surface area contributed by atoms with Crippen molar-refractivity contribution in [2.24, 2.45) is 5.84 Å². The molecule has 2 rings (SSSR count). The molecule has 0 spiro atoms. The SMILES string of the molecule is CC(=O)C(=O)O.NNc1nncc2ccccc12. The number of rotatable bonds is 2. The standard InChI is InChI=1S/C8H8N4.C3H4O3/c9-11-8-7-4-2-1-3-6(7)5-10-12-8;1-2(4)3(5)6/h1-5H,9H2,(H,11,12);1H3,(H,5,6). The maximum Gasteiger partial charge on any atom is 0.371 e. The van der Waals surface area contributed by atoms with Gasteiger partial charge in [-0.2, -0.15) is 5.10 Å². The van der Waals surface area contributed by atoms with Gasteiger partial charge in [-0.15, -0.1) is 5.10 Å². The summed E-state index contributed by atoms with van der Waals surface area (Å²) in [7, 11) is 0. The minimum absolute atomic E-state index is 0.605. The van der Waals surface area contributed by atoms with Crippen molar-refractivity contribution >= 4 is 28.3 Å². The van der Waals surface area contributed by atoms with Crippen molar-refractivity contribution < 1.29 is 14.7 Å². The second-order valence-electron chi connectivity index (χ2n) is 3.29. The lowest BCUT2D eigenvalue weighted by molar-refractivity contribution is -0.148. The Labute approximate surface area is 103 Å². The molecule has 0 aliphatic rings. The van der Waals surface area contributed by atoms with Gasteiger partial charge in [0.1, 0.15) is 0 Å². The Bertz CT molecular complexity index is 554. The summed E-state index contributed by atoms with van der Waals surface area (Å²) >= 11 is 0. The van der Waals surface area contributed by atoms with Crippen LogP contribution in [0.1, 0.15) is 6.92 Å². The largest absolute Gasteiger partial charge is 0.476 e. The average Bonchev–Trinajstić information content (AvgIpc) is 2.38. The highest BCUT2D eigenvalue weighted by Gasteiger charge is 1.99. The van der Waals surface area contributed by atoms with E-state index in [1.165, 1.54) is 0 Å². The summed E-state index contributed by atoms with van der Waals surface area (Å²) in [6.07, 6.45) is 1.70. The van der Waals surface area contributed by atoms with Gasteiger partial charge in [-0.3, -0.25) is 4.79 Å². The number of carboxylic acids is 1. The highest BCUT2D eigenvalue weighted by molar-refractivity contribution is 6.31. The molecule has 1 aromatic carbocycles. The molecule has 4 N–H and O–H groups in total. The van der Waals surface area contributed by atoms with Gasteiger partial charge in [0, 0.05) is 17.7 Å². The van der Waals surface area contributed by atoms with Crippen molar-refractivity contribution in [3.05, 3.63) is 30.5 Å². The fraction of sp³-hybridized carbons (Fsp3) is 0.0909. The number of nitrogens with one attached hydrogen (secondary N) is 1. The number of ketones is 1. The zero-order valence-electron chi connectivity index (χ0n) is 9.62. The fourth-order valence-corrected chi connectivity index (χ4v) is 1.13. The van der Waals surface area contributed by atoms with E-state index in [0.717, 1.165) is 17.7 Å². The lowest BCUT2D eigenvalue weighted by Gasteiger charge is -2.01. The number of fused-ring (bicyclic) bond motifs is 1. The van der Waals surface area contributed by atoms with E-state index in [0.29, 0.717) is 5.82 Å². The molecular weight excluding hydrogens is 236 g/mol. The molecule has 0 bridgehead atoms. The zero-order chi connectivity index (χ0) is 13.5. The number of aliphatic carboxylic acids is 1. The molecule has 7 nitrogen and oxygen atoms in total. The summed E-state index contributed by atoms with van der Waals surface area (Å²) in [5, 5.41) is 17.3. The van der Waals surface area contributed by atoms with E-state index in [1.807, 2.05) is 24.3 Å². The van der Waals surface area contributed by atoms with Crippen molar-refractivity contribution in [2.75, 3.05) is 5.43 Å². The number of carbonyl (C=O) groups excluding carboxylic acids is 1. The molecule has 18 heavy (non-hydrogen) atoms. The molecule has 0 aliphatic carbocycles. The Balaban J connectivity index is 0.000000232. The van der Waals surface area contributed by atoms with Gasteiger partial charge < -0.3 is 10.5 Å². The first-order valence-electron chi connectivity index (χ1n) is 4.97. The highest BCUT2D eigenvalue weighted by Crippen LogP contribution is 2.17. The maximum absolute atomic E-state index is 9.54. The number of aromatic nitrogens is 2. The van der Waals surface area contributed by atoms with E-state index in [4.69, 9.17) is 10.9 Å². The van der Waals surface area contributed by atoms with Gasteiger partial charge in [-0.1, -0.05) is 24.3 Å². The van der Waals surface area contributed by atoms with Gasteiger partial charge in [0.15, 0.2) is 5.82 Å². The number of carboxylic acid groups (broad SMARTS) is 1. The smallest absolute Gasteiger partial charge is 0.371 e. The summed E-state index contributed by atoms with van der Waals surface area (Å²) < 4.78 is 0. The first-order valence-corrected chi connectivity index (χ1v) is 4.97. The van der Waals surface area contributed by atoms with Gasteiger partial charge in [-0.25, -0.2) is 10.6 Å². The minimum Gasteiger partial charge on any atom is -0.476 e. The van der Waals surface area contributed by atoms with Gasteiger partial charge in [0.2, 0.25) is 5.78 Å². The molecule has 0 radical (unpaired) electrons. The zero-order valence-corrected chi connectivity index (χ0v) is 9.62. The third-order valence-electron chi connectivity index (χ3n) is 2.01. The Morgan fingerprint density at radius 2 is 1.94 bits per heavy atom. The topological polar surface area (TPSA) is 118 Å². The lowest BCUT2D eigenvalue weighted by Crippen LogP contribution is -2.09. The molecule has 94 valence electrons. The van der Waals surface area contributed by atoms with Crippen LogP contribution in [0.2, 0.25) is 0 Å². The Kier molecular flexibility index (Phi) is 4.70. The summed E-state index contributed by atoms with van der Waals surface area (Å²) in [6.45, 7) is 1.00. The van der Waals surface area contributed by atoms with E-state index in [2.05, 4.69) is 15.6 Å². The fourth-order valence-electron chi connectivity index (χ4n) is 1.13. The van der Waals surface area contributed by atoms with Crippen LogP contribution in [0.3, 0.4) is 0 Å². The summed E-state index contributed by atoms with van der Waals surface area (Å²) in [6, 6.07) is 7.79. The van der Waals surface area contributed by atoms with Crippen LogP contribution < -0.4 is 11.3 Å². The van der Waals surface area contributed by atoms with Crippen LogP contribution in [-0.2, 0) is 9.59 Å². The third-order valence-corrected chi connectivity index (χ3v) is 2.01. The molecule has 0 atom stereocenters. The van der Waals surface area contributed by atoms with Crippen molar-refractivity contribution in [1.29, 1.82) is 0 Å². The van der Waals surface area contributed by atoms with Crippen LogP contribution in [0.15, 0.2) is 30.5 Å². The molecule has 0 aliphatic heterocycles. The van der Waals surface area contributed by atoms with Gasteiger partial charge in [0.05, 0.1) is 6.20 Å². The van der Waals surface area contributed by atoms with Crippen LogP contribution >= 0.6 is 0 Å². The quantitative estimate of drug-likeness (QED) is 0.404. The second kappa shape index (κ2) is 6.26. The summed E-state index contributed by atoms with van der Waals surface area (Å²) in [4.78, 5) is 18.9. The second-order valence-corrected chi connectivity index (χ2v) is 3.29. The van der Waals surface area contributed by atoms with Crippen LogP contribution in [0.5, 0.6) is 0 Å². The molecule has 0 saturated carbocycles. The third kappa shape index (κ3) is 3.49. The number of hydrogen-bond donors (Lipinski definition) is 3. The number of carbonyl (C=O) groups is 2. The van der Waals surface area contributed by atoms with Crippen LogP contribution in [-0.4, -0.2) is 27.1 Å². The van der Waals surface area contributed by atoms with Crippen LogP contribution in [0, 0.1) is 0 Å². The molecule has 7 heteroatoms. The molecule has 0 fully saturated rings. The summed E-state index contributed by atoms with van der Waals surface area (Å²) in [5.74, 6) is 3.66. The van der Waals surface area contributed by atoms with Gasteiger partial charge >= 0.3 is 5.97 Å². The minimum atomic E-state index is -1.38. The first-order chi connectivity index (χ1) is 8.56. The number of nitrogens with zero attached hydrogens (tertiary/aromatic N) is 2. The van der Waals surface area contributed by atoms with Crippen molar-refractivity contribution in [3.63, 3.8) is 0 Å². The average molecular weight is 248 g/mol. The molecule has 0 amide bonds. The molecule has 1 aromatic heterocycles. The van der Waals surface area contributed by atoms with Crippen molar-refractivity contribution in [3.8, 4) is 0 Å². The monoisotopic (exact) mass is 248 g/mol. The van der Waals surface area contributed by atoms with Crippen LogP contribution in [0.25, 0.3) is 10.8 Å². The number of nitrogen functional groups attached to an aromatic ring is 1. The summed E-state index contributed by atoms with van der Waals surface area (Å²) in [5.41, 5.74) is 2.50. The maximum atomic E-state index is 9.54. The first kappa shape index (κ1) is 13.5. The van der Waals surface area contributed by atoms with E-state index in [9.17, 15) is 9.59 Å². The van der Waals surface area contributed by atoms with E-state index in [1.54, 1.807) is 6.20 Å². The number of Topliss-reactive ketones (excluding diaryl/α,β-unsaturated/α-hetero) is 1. The number of anilines is 1. The number of nitrogens with two attached hydrogens (primary N) is 1. The van der Waals surface area contributed by atoms with Crippen molar-refractivity contribution in [2.45, 2.75) is 6.92 Å². The Hall–Kier alpha value is -2.54. The normalized spacial score (nSPS) is 9.22. The predicted octanol–water partition coefficient (Wildman–Crippen LogP) is 0.575. The van der Waals surface area contributed by atoms with E-state index >= 15 is 0 Å². The van der Waals surface area contributed by atoms with Gasteiger partial charge in [0.25, 0.3) is 0 Å². The molecule has 0 unspecified atom stereocenters. The number of benzene rings is 1. The predicted molar refractivity (Wildman–Crippen MR) is 65.7 cm³/mol. The molecular formula is C11H12N4O3. The Morgan fingerprint density at radius 3 is 2.50 bits per heavy atom. The number of hydrogen-bond acceptors (Lipinski definition) is 6. The number of hydrazine groups is 1.